The Morgan fingerprint density at radius 2 is 2.25 bits per heavy atom. The number of nitrogens with one attached hydrogen (secondary N) is 3. The highest BCUT2D eigenvalue weighted by Gasteiger charge is 2.38. The minimum atomic E-state index is -3.04. The highest BCUT2D eigenvalue weighted by Crippen LogP contribution is 2.22. The van der Waals surface area contributed by atoms with Crippen molar-refractivity contribution in [2.75, 3.05) is 16.8 Å². The highest BCUT2D eigenvalue weighted by atomic mass is 32.2. The van der Waals surface area contributed by atoms with Gasteiger partial charge in [-0.1, -0.05) is 0 Å². The molecule has 0 amide bonds. The first-order valence-electron chi connectivity index (χ1n) is 5.64. The van der Waals surface area contributed by atoms with Gasteiger partial charge >= 0.3 is 5.97 Å². The van der Waals surface area contributed by atoms with Crippen LogP contribution >= 0.6 is 12.2 Å². The van der Waals surface area contributed by atoms with Crippen molar-refractivity contribution in [3.8, 4) is 0 Å². The fourth-order valence-corrected chi connectivity index (χ4v) is 4.36. The van der Waals surface area contributed by atoms with E-state index in [4.69, 9.17) is 17.3 Å². The molecule has 11 heteroatoms. The predicted octanol–water partition coefficient (Wildman–Crippen LogP) is -0.634. The Bertz CT molecular complexity index is 655. The van der Waals surface area contributed by atoms with Gasteiger partial charge in [-0.2, -0.15) is 4.98 Å². The van der Waals surface area contributed by atoms with Crippen molar-refractivity contribution in [2.24, 2.45) is 0 Å². The molecule has 1 atom stereocenters. The summed E-state index contributed by atoms with van der Waals surface area (Å²) in [5.74, 6) is -1.44. The number of aromatic nitrogens is 3. The molecule has 1 aliphatic rings. The zero-order valence-corrected chi connectivity index (χ0v) is 12.1. The molecule has 0 bridgehead atoms. The molecule has 0 aromatic carbocycles. The fraction of sp³-hybridized carbons (Fsp3) is 0.556. The second kappa shape index (κ2) is 4.98. The lowest BCUT2D eigenvalue weighted by molar-refractivity contribution is 0.0684. The lowest BCUT2D eigenvalue weighted by atomic mass is 10.0. The number of sulfone groups is 1. The number of aromatic amines is 1. The van der Waals surface area contributed by atoms with Crippen LogP contribution in [0.3, 0.4) is 0 Å². The van der Waals surface area contributed by atoms with E-state index in [9.17, 15) is 13.2 Å². The predicted molar refractivity (Wildman–Crippen MR) is 74.4 cm³/mol. The Morgan fingerprint density at radius 3 is 2.75 bits per heavy atom. The summed E-state index contributed by atoms with van der Waals surface area (Å²) in [6, 6.07) is 0. The van der Waals surface area contributed by atoms with Crippen molar-refractivity contribution >= 4 is 39.1 Å². The molecule has 4 N–H and O–H groups in total. The number of aromatic carboxylic acids is 1. The van der Waals surface area contributed by atoms with E-state index in [1.54, 1.807) is 6.92 Å². The summed E-state index contributed by atoms with van der Waals surface area (Å²) in [4.78, 5) is 14.3. The Labute approximate surface area is 120 Å². The molecule has 0 unspecified atom stereocenters. The number of H-pyrrole nitrogens is 1. The van der Waals surface area contributed by atoms with Gasteiger partial charge in [-0.15, -0.1) is 5.10 Å². The first-order chi connectivity index (χ1) is 9.19. The van der Waals surface area contributed by atoms with Gasteiger partial charge in [-0.25, -0.2) is 13.2 Å². The van der Waals surface area contributed by atoms with Crippen LogP contribution < -0.4 is 10.6 Å². The van der Waals surface area contributed by atoms with E-state index in [-0.39, 0.29) is 28.4 Å². The molecule has 1 aliphatic heterocycles. The number of carboxylic acids is 1. The van der Waals surface area contributed by atoms with Gasteiger partial charge in [0.15, 0.2) is 14.9 Å². The van der Waals surface area contributed by atoms with Gasteiger partial charge in [-0.3, -0.25) is 10.4 Å². The number of thiocarbonyl (C=S) groups is 1. The van der Waals surface area contributed by atoms with Gasteiger partial charge in [0.1, 0.15) is 0 Å². The number of anilines is 1. The van der Waals surface area contributed by atoms with Crippen LogP contribution in [0.2, 0.25) is 0 Å². The SMILES string of the molecule is C[C@@]1(NC(=S)Nc2n[nH]c(C(=O)O)n2)CCS(=O)(=O)C1. The Kier molecular flexibility index (Phi) is 3.65. The average molecular weight is 319 g/mol. The average Bonchev–Trinajstić information content (AvgIpc) is 2.83. The van der Waals surface area contributed by atoms with Crippen molar-refractivity contribution in [3.05, 3.63) is 5.82 Å². The van der Waals surface area contributed by atoms with Crippen molar-refractivity contribution in [1.82, 2.24) is 20.5 Å². The molecule has 110 valence electrons. The maximum absolute atomic E-state index is 11.5. The zero-order valence-electron chi connectivity index (χ0n) is 10.5. The molecule has 9 nitrogen and oxygen atoms in total. The standard InChI is InChI=1S/C9H13N5O4S2/c1-9(2-3-20(17,18)4-9)12-8(19)11-7-10-5(6(15)16)13-14-7/h2-4H2,1H3,(H,15,16)(H3,10,11,12,13,14,19)/t9-/m1/s1. The maximum atomic E-state index is 11.5. The van der Waals surface area contributed by atoms with Gasteiger partial charge in [0, 0.05) is 0 Å². The van der Waals surface area contributed by atoms with E-state index in [2.05, 4.69) is 25.8 Å². The third kappa shape index (κ3) is 3.42. The topological polar surface area (TPSA) is 137 Å². The molecular weight excluding hydrogens is 306 g/mol. The lowest BCUT2D eigenvalue weighted by Crippen LogP contribution is -2.48. The molecular formula is C9H13N5O4S2. The molecule has 1 saturated heterocycles. The Hall–Kier alpha value is -1.75. The van der Waals surface area contributed by atoms with Crippen LogP contribution in [-0.4, -0.2) is 56.8 Å². The maximum Gasteiger partial charge on any atom is 0.373 e. The van der Waals surface area contributed by atoms with Crippen LogP contribution in [-0.2, 0) is 9.84 Å². The van der Waals surface area contributed by atoms with E-state index in [1.165, 1.54) is 0 Å². The minimum Gasteiger partial charge on any atom is -0.475 e. The number of carboxylic acid groups (broad SMARTS) is 1. The second-order valence-corrected chi connectivity index (χ2v) is 7.39. The highest BCUT2D eigenvalue weighted by molar-refractivity contribution is 7.91. The van der Waals surface area contributed by atoms with E-state index >= 15 is 0 Å². The molecule has 0 radical (unpaired) electrons. The summed E-state index contributed by atoms with van der Waals surface area (Å²) in [6.07, 6.45) is 0.450. The van der Waals surface area contributed by atoms with Crippen LogP contribution in [0.15, 0.2) is 0 Å². The largest absolute Gasteiger partial charge is 0.475 e. The van der Waals surface area contributed by atoms with Crippen LogP contribution in [0.1, 0.15) is 24.0 Å². The van der Waals surface area contributed by atoms with Gasteiger partial charge < -0.3 is 10.4 Å². The molecule has 2 rings (SSSR count). The van der Waals surface area contributed by atoms with E-state index in [0.29, 0.717) is 6.42 Å². The number of carbonyl (C=O) groups is 1. The van der Waals surface area contributed by atoms with Crippen molar-refractivity contribution < 1.29 is 18.3 Å². The van der Waals surface area contributed by atoms with E-state index in [1.807, 2.05) is 0 Å². The molecule has 1 fully saturated rings. The molecule has 0 saturated carbocycles. The minimum absolute atomic E-state index is 0.00378. The summed E-state index contributed by atoms with van der Waals surface area (Å²) < 4.78 is 22.9. The van der Waals surface area contributed by atoms with Crippen LogP contribution in [0, 0.1) is 0 Å². The molecule has 1 aromatic heterocycles. The third-order valence-corrected chi connectivity index (χ3v) is 4.94. The lowest BCUT2D eigenvalue weighted by Gasteiger charge is -2.25. The summed E-state index contributed by atoms with van der Waals surface area (Å²) in [5, 5.41) is 20.2. The first-order valence-corrected chi connectivity index (χ1v) is 7.87. The molecule has 20 heavy (non-hydrogen) atoms. The number of hydrogen-bond donors (Lipinski definition) is 4. The Balaban J connectivity index is 1.97. The van der Waals surface area contributed by atoms with Crippen LogP contribution in [0.25, 0.3) is 0 Å². The van der Waals surface area contributed by atoms with E-state index < -0.39 is 21.3 Å². The summed E-state index contributed by atoms with van der Waals surface area (Å²) in [6.45, 7) is 1.76. The number of hydrogen-bond acceptors (Lipinski definition) is 6. The van der Waals surface area contributed by atoms with Gasteiger partial charge in [0.25, 0.3) is 0 Å². The van der Waals surface area contributed by atoms with Crippen LogP contribution in [0.5, 0.6) is 0 Å². The van der Waals surface area contributed by atoms with Crippen molar-refractivity contribution in [1.29, 1.82) is 0 Å². The molecule has 0 aliphatic carbocycles. The number of rotatable bonds is 3. The zero-order chi connectivity index (χ0) is 15.0. The normalized spacial score (nSPS) is 24.2. The summed E-state index contributed by atoms with van der Waals surface area (Å²) in [5.41, 5.74) is -0.644. The molecule has 1 aromatic rings. The monoisotopic (exact) mass is 319 g/mol. The second-order valence-electron chi connectivity index (χ2n) is 4.79. The quantitative estimate of drug-likeness (QED) is 0.536. The molecule has 0 spiro atoms. The summed E-state index contributed by atoms with van der Waals surface area (Å²) >= 11 is 5.04. The van der Waals surface area contributed by atoms with Gasteiger partial charge in [0.05, 0.1) is 17.0 Å². The third-order valence-electron chi connectivity index (χ3n) is 2.83. The summed E-state index contributed by atoms with van der Waals surface area (Å²) in [7, 11) is -3.04. The van der Waals surface area contributed by atoms with Gasteiger partial charge in [0.2, 0.25) is 11.8 Å². The van der Waals surface area contributed by atoms with Crippen LogP contribution in [0.4, 0.5) is 5.95 Å². The van der Waals surface area contributed by atoms with Crippen molar-refractivity contribution in [2.45, 2.75) is 18.9 Å². The smallest absolute Gasteiger partial charge is 0.373 e. The Morgan fingerprint density at radius 1 is 1.55 bits per heavy atom. The van der Waals surface area contributed by atoms with Gasteiger partial charge in [-0.05, 0) is 25.6 Å². The molecule has 2 heterocycles. The van der Waals surface area contributed by atoms with Crippen molar-refractivity contribution in [3.63, 3.8) is 0 Å². The first kappa shape index (κ1) is 14.7. The van der Waals surface area contributed by atoms with E-state index in [0.717, 1.165) is 0 Å². The fourth-order valence-electron chi connectivity index (χ4n) is 1.93. The number of nitrogens with zero attached hydrogens (tertiary/aromatic N) is 2.